The van der Waals surface area contributed by atoms with E-state index in [1.807, 2.05) is 0 Å². The van der Waals surface area contributed by atoms with E-state index in [4.69, 9.17) is 4.74 Å². The lowest BCUT2D eigenvalue weighted by atomic mass is 10.3. The number of hydrogen-bond donors (Lipinski definition) is 2. The van der Waals surface area contributed by atoms with E-state index < -0.39 is 29.1 Å². The van der Waals surface area contributed by atoms with Crippen molar-refractivity contribution in [3.8, 4) is 0 Å². The standard InChI is InChI=1S/C19H18F2N4O3/c1-28-11-5-9-22-18(26)16-14-8-2-3-10-25(14)17(23-16)19(27)24-15-12(20)6-4-7-13(15)21/h2-4,6-8,10H,5,9,11H2,1H3,(H,22,26)(H,24,27). The highest BCUT2D eigenvalue weighted by atomic mass is 19.1. The van der Waals surface area contributed by atoms with E-state index in [1.165, 1.54) is 16.7 Å². The predicted molar refractivity (Wildman–Crippen MR) is 98.3 cm³/mol. The number of aromatic nitrogens is 2. The molecule has 2 amide bonds. The van der Waals surface area contributed by atoms with Crippen molar-refractivity contribution in [3.05, 3.63) is 65.7 Å². The van der Waals surface area contributed by atoms with Crippen molar-refractivity contribution in [2.75, 3.05) is 25.6 Å². The third-order valence-corrected chi connectivity index (χ3v) is 3.98. The molecule has 0 atom stereocenters. The Morgan fingerprint density at radius 2 is 1.86 bits per heavy atom. The number of ether oxygens (including phenoxy) is 1. The second kappa shape index (κ2) is 8.57. The van der Waals surface area contributed by atoms with E-state index in [0.717, 1.165) is 12.1 Å². The molecule has 1 aromatic carbocycles. The van der Waals surface area contributed by atoms with Crippen LogP contribution in [0.25, 0.3) is 5.52 Å². The summed E-state index contributed by atoms with van der Waals surface area (Å²) < 4.78 is 34.0. The Morgan fingerprint density at radius 1 is 1.11 bits per heavy atom. The van der Waals surface area contributed by atoms with Crippen LogP contribution in [0.15, 0.2) is 42.6 Å². The maximum atomic E-state index is 13.8. The quantitative estimate of drug-likeness (QED) is 0.610. The van der Waals surface area contributed by atoms with Gasteiger partial charge in [-0.3, -0.25) is 14.0 Å². The van der Waals surface area contributed by atoms with Crippen molar-refractivity contribution in [1.29, 1.82) is 0 Å². The lowest BCUT2D eigenvalue weighted by molar-refractivity contribution is 0.0946. The molecule has 0 saturated heterocycles. The van der Waals surface area contributed by atoms with Crippen molar-refractivity contribution < 1.29 is 23.1 Å². The van der Waals surface area contributed by atoms with E-state index in [-0.39, 0.29) is 11.5 Å². The summed E-state index contributed by atoms with van der Waals surface area (Å²) in [5.74, 6) is -3.30. The zero-order chi connectivity index (χ0) is 20.1. The monoisotopic (exact) mass is 388 g/mol. The van der Waals surface area contributed by atoms with Gasteiger partial charge in [-0.2, -0.15) is 0 Å². The van der Waals surface area contributed by atoms with Gasteiger partial charge in [0.2, 0.25) is 5.82 Å². The number of carbonyl (C=O) groups excluding carboxylic acids is 2. The molecule has 0 aliphatic carbocycles. The Labute approximate surface area is 159 Å². The van der Waals surface area contributed by atoms with E-state index in [1.54, 1.807) is 25.3 Å². The Balaban J connectivity index is 1.89. The molecule has 2 aromatic heterocycles. The van der Waals surface area contributed by atoms with Crippen LogP contribution >= 0.6 is 0 Å². The minimum atomic E-state index is -0.912. The molecule has 3 rings (SSSR count). The molecule has 2 N–H and O–H groups in total. The molecule has 0 aliphatic heterocycles. The first kappa shape index (κ1) is 19.4. The molecule has 0 aliphatic rings. The van der Waals surface area contributed by atoms with Crippen molar-refractivity contribution >= 4 is 23.0 Å². The molecule has 146 valence electrons. The highest BCUT2D eigenvalue weighted by Crippen LogP contribution is 2.20. The van der Waals surface area contributed by atoms with Crippen LogP contribution in [0.1, 0.15) is 27.5 Å². The first-order valence-electron chi connectivity index (χ1n) is 8.52. The molecular weight excluding hydrogens is 370 g/mol. The lowest BCUT2D eigenvalue weighted by Crippen LogP contribution is -2.26. The molecule has 9 heteroatoms. The number of nitrogens with one attached hydrogen (secondary N) is 2. The minimum Gasteiger partial charge on any atom is -0.385 e. The Bertz CT molecular complexity index is 999. The average Bonchev–Trinajstić information content (AvgIpc) is 3.08. The minimum absolute atomic E-state index is 0.0390. The second-order valence-corrected chi connectivity index (χ2v) is 5.89. The van der Waals surface area contributed by atoms with Crippen LogP contribution in [0, 0.1) is 11.6 Å². The van der Waals surface area contributed by atoms with Crippen molar-refractivity contribution in [3.63, 3.8) is 0 Å². The number of pyridine rings is 1. The van der Waals surface area contributed by atoms with Gasteiger partial charge >= 0.3 is 0 Å². The van der Waals surface area contributed by atoms with Gasteiger partial charge in [-0.25, -0.2) is 13.8 Å². The van der Waals surface area contributed by atoms with Crippen LogP contribution in [0.5, 0.6) is 0 Å². The third-order valence-electron chi connectivity index (χ3n) is 3.98. The fourth-order valence-corrected chi connectivity index (χ4v) is 2.65. The fraction of sp³-hybridized carbons (Fsp3) is 0.211. The number of anilines is 1. The number of halogens is 2. The molecule has 3 aromatic rings. The first-order valence-corrected chi connectivity index (χ1v) is 8.52. The van der Waals surface area contributed by atoms with E-state index in [2.05, 4.69) is 15.6 Å². The fourth-order valence-electron chi connectivity index (χ4n) is 2.65. The van der Waals surface area contributed by atoms with Crippen LogP contribution in [0.3, 0.4) is 0 Å². The lowest BCUT2D eigenvalue weighted by Gasteiger charge is -2.06. The predicted octanol–water partition coefficient (Wildman–Crippen LogP) is 2.63. The summed E-state index contributed by atoms with van der Waals surface area (Å²) in [6.07, 6.45) is 2.16. The maximum absolute atomic E-state index is 13.8. The Kier molecular flexibility index (Phi) is 5.95. The number of para-hydroxylation sites is 1. The van der Waals surface area contributed by atoms with Crippen molar-refractivity contribution in [2.45, 2.75) is 6.42 Å². The van der Waals surface area contributed by atoms with Gasteiger partial charge in [-0.05, 0) is 30.7 Å². The molecule has 7 nitrogen and oxygen atoms in total. The maximum Gasteiger partial charge on any atom is 0.292 e. The van der Waals surface area contributed by atoms with Gasteiger partial charge in [0, 0.05) is 26.5 Å². The highest BCUT2D eigenvalue weighted by molar-refractivity contribution is 6.06. The summed E-state index contributed by atoms with van der Waals surface area (Å²) >= 11 is 0. The van der Waals surface area contributed by atoms with Crippen LogP contribution in [0.2, 0.25) is 0 Å². The number of imidazole rings is 1. The molecule has 0 bridgehead atoms. The zero-order valence-corrected chi connectivity index (χ0v) is 15.0. The molecule has 0 saturated carbocycles. The van der Waals surface area contributed by atoms with Gasteiger partial charge in [0.1, 0.15) is 17.3 Å². The molecule has 0 radical (unpaired) electrons. The number of hydrogen-bond acceptors (Lipinski definition) is 4. The first-order chi connectivity index (χ1) is 13.5. The van der Waals surface area contributed by atoms with Gasteiger partial charge < -0.3 is 15.4 Å². The molecular formula is C19H18F2N4O3. The van der Waals surface area contributed by atoms with Gasteiger partial charge in [-0.1, -0.05) is 12.1 Å². The summed E-state index contributed by atoms with van der Waals surface area (Å²) in [6, 6.07) is 8.21. The van der Waals surface area contributed by atoms with E-state index in [0.29, 0.717) is 25.1 Å². The van der Waals surface area contributed by atoms with Gasteiger partial charge in [0.15, 0.2) is 5.69 Å². The summed E-state index contributed by atoms with van der Waals surface area (Å²) in [5.41, 5.74) is -0.145. The van der Waals surface area contributed by atoms with Crippen molar-refractivity contribution in [2.24, 2.45) is 0 Å². The SMILES string of the molecule is COCCCNC(=O)c1nc(C(=O)Nc2c(F)cccc2F)n2ccccc12. The number of amides is 2. The van der Waals surface area contributed by atoms with Crippen LogP contribution in [0.4, 0.5) is 14.5 Å². The number of nitrogens with zero attached hydrogens (tertiary/aromatic N) is 2. The topological polar surface area (TPSA) is 84.7 Å². The average molecular weight is 388 g/mol. The van der Waals surface area contributed by atoms with Crippen molar-refractivity contribution in [1.82, 2.24) is 14.7 Å². The number of benzene rings is 1. The Hall–Kier alpha value is -3.33. The number of methoxy groups -OCH3 is 1. The Morgan fingerprint density at radius 3 is 2.57 bits per heavy atom. The smallest absolute Gasteiger partial charge is 0.292 e. The molecule has 0 unspecified atom stereocenters. The summed E-state index contributed by atoms with van der Waals surface area (Å²) in [6.45, 7) is 0.868. The summed E-state index contributed by atoms with van der Waals surface area (Å²) in [7, 11) is 1.56. The second-order valence-electron chi connectivity index (χ2n) is 5.89. The van der Waals surface area contributed by atoms with Gasteiger partial charge in [0.05, 0.1) is 5.52 Å². The number of fused-ring (bicyclic) bond motifs is 1. The van der Waals surface area contributed by atoms with Crippen LogP contribution in [-0.4, -0.2) is 41.5 Å². The van der Waals surface area contributed by atoms with Gasteiger partial charge in [0.25, 0.3) is 11.8 Å². The van der Waals surface area contributed by atoms with E-state index >= 15 is 0 Å². The molecule has 28 heavy (non-hydrogen) atoms. The molecule has 0 fully saturated rings. The van der Waals surface area contributed by atoms with Crippen LogP contribution in [-0.2, 0) is 4.74 Å². The molecule has 2 heterocycles. The van der Waals surface area contributed by atoms with Gasteiger partial charge in [-0.15, -0.1) is 0 Å². The van der Waals surface area contributed by atoms with Crippen LogP contribution < -0.4 is 10.6 Å². The normalized spacial score (nSPS) is 10.8. The largest absolute Gasteiger partial charge is 0.385 e. The highest BCUT2D eigenvalue weighted by Gasteiger charge is 2.22. The molecule has 0 spiro atoms. The number of carbonyl (C=O) groups is 2. The zero-order valence-electron chi connectivity index (χ0n) is 15.0. The van der Waals surface area contributed by atoms with E-state index in [9.17, 15) is 18.4 Å². The summed E-state index contributed by atoms with van der Waals surface area (Å²) in [4.78, 5) is 29.1. The number of rotatable bonds is 7. The summed E-state index contributed by atoms with van der Waals surface area (Å²) in [5, 5.41) is 4.88. The third kappa shape index (κ3) is 3.99.